The van der Waals surface area contributed by atoms with Crippen molar-refractivity contribution in [1.29, 1.82) is 0 Å². The number of nitrogens with zero attached hydrogens (tertiary/aromatic N) is 4. The van der Waals surface area contributed by atoms with Gasteiger partial charge in [0.1, 0.15) is 23.5 Å². The lowest BCUT2D eigenvalue weighted by atomic mass is 9.95. The normalized spacial score (nSPS) is 37.8. The molecule has 0 radical (unpaired) electrons. The first-order valence-electron chi connectivity index (χ1n) is 7.46. The van der Waals surface area contributed by atoms with Crippen molar-refractivity contribution >= 4 is 17.0 Å². The number of rotatable bonds is 2. The van der Waals surface area contributed by atoms with Crippen LogP contribution < -0.4 is 5.73 Å². The number of ether oxygens (including phenoxy) is 3. The standard InChI is InChI=1S/C14H19N5O3/c1-4-8-10-14(3,22-7(2)20-10)13(21-8)19-6-18-9-11(15)16-5-17-12(9)19/h5-8,10,13H,4H2,1-3H3,(H2,15,16,17). The number of nitrogens with two attached hydrogens (primary N) is 1. The van der Waals surface area contributed by atoms with Gasteiger partial charge >= 0.3 is 0 Å². The van der Waals surface area contributed by atoms with Gasteiger partial charge in [-0.05, 0) is 20.3 Å². The van der Waals surface area contributed by atoms with Gasteiger partial charge in [0.25, 0.3) is 0 Å². The minimum Gasteiger partial charge on any atom is -0.382 e. The molecule has 2 fully saturated rings. The van der Waals surface area contributed by atoms with Gasteiger partial charge in [0.05, 0.1) is 12.4 Å². The summed E-state index contributed by atoms with van der Waals surface area (Å²) in [7, 11) is 0. The topological polar surface area (TPSA) is 97.3 Å². The van der Waals surface area contributed by atoms with Gasteiger partial charge in [0, 0.05) is 0 Å². The third kappa shape index (κ3) is 1.71. The monoisotopic (exact) mass is 305 g/mol. The summed E-state index contributed by atoms with van der Waals surface area (Å²) in [6, 6.07) is 0. The highest BCUT2D eigenvalue weighted by Crippen LogP contribution is 2.49. The maximum Gasteiger partial charge on any atom is 0.168 e. The number of imidazole rings is 1. The smallest absolute Gasteiger partial charge is 0.168 e. The molecule has 4 rings (SSSR count). The molecule has 5 atom stereocenters. The Balaban J connectivity index is 1.82. The molecule has 8 nitrogen and oxygen atoms in total. The van der Waals surface area contributed by atoms with E-state index in [9.17, 15) is 0 Å². The van der Waals surface area contributed by atoms with Crippen molar-refractivity contribution in [3.05, 3.63) is 12.7 Å². The fraction of sp³-hybridized carbons (Fsp3) is 0.643. The van der Waals surface area contributed by atoms with Crippen molar-refractivity contribution in [2.24, 2.45) is 0 Å². The van der Waals surface area contributed by atoms with Gasteiger partial charge < -0.3 is 19.9 Å². The molecule has 22 heavy (non-hydrogen) atoms. The largest absolute Gasteiger partial charge is 0.382 e. The van der Waals surface area contributed by atoms with E-state index in [1.807, 2.05) is 18.4 Å². The zero-order valence-corrected chi connectivity index (χ0v) is 12.8. The van der Waals surface area contributed by atoms with Crippen molar-refractivity contribution < 1.29 is 14.2 Å². The molecule has 2 saturated heterocycles. The predicted molar refractivity (Wildman–Crippen MR) is 77.8 cm³/mol. The van der Waals surface area contributed by atoms with E-state index in [1.54, 1.807) is 6.33 Å². The summed E-state index contributed by atoms with van der Waals surface area (Å²) < 4.78 is 20.0. The highest BCUT2D eigenvalue weighted by molar-refractivity contribution is 5.81. The Hall–Kier alpha value is -1.77. The Morgan fingerprint density at radius 3 is 2.91 bits per heavy atom. The molecule has 2 N–H and O–H groups in total. The molecule has 0 amide bonds. The van der Waals surface area contributed by atoms with Gasteiger partial charge in [-0.1, -0.05) is 6.92 Å². The maximum atomic E-state index is 6.19. The first-order chi connectivity index (χ1) is 10.5. The second-order valence-electron chi connectivity index (χ2n) is 5.94. The second kappa shape index (κ2) is 4.61. The van der Waals surface area contributed by atoms with Crippen molar-refractivity contribution in [3.63, 3.8) is 0 Å². The molecular weight excluding hydrogens is 286 g/mol. The number of hydrogen-bond donors (Lipinski definition) is 1. The first-order valence-corrected chi connectivity index (χ1v) is 7.46. The molecule has 118 valence electrons. The van der Waals surface area contributed by atoms with E-state index in [0.29, 0.717) is 17.0 Å². The number of anilines is 1. The minimum absolute atomic E-state index is 0.0309. The minimum atomic E-state index is -0.590. The lowest BCUT2D eigenvalue weighted by Crippen LogP contribution is -2.41. The van der Waals surface area contributed by atoms with Gasteiger partial charge in [-0.15, -0.1) is 0 Å². The molecule has 2 aromatic rings. The molecule has 8 heteroatoms. The summed E-state index contributed by atoms with van der Waals surface area (Å²) in [5, 5.41) is 0. The molecule has 4 heterocycles. The van der Waals surface area contributed by atoms with Crippen LogP contribution in [0, 0.1) is 0 Å². The summed E-state index contributed by atoms with van der Waals surface area (Å²) in [4.78, 5) is 12.6. The molecule has 0 bridgehead atoms. The Morgan fingerprint density at radius 1 is 1.32 bits per heavy atom. The third-order valence-electron chi connectivity index (χ3n) is 4.50. The highest BCUT2D eigenvalue weighted by Gasteiger charge is 2.61. The molecule has 2 aliphatic rings. The number of nitrogen functional groups attached to an aromatic ring is 1. The van der Waals surface area contributed by atoms with Crippen LogP contribution in [0.2, 0.25) is 0 Å². The van der Waals surface area contributed by atoms with E-state index in [0.717, 1.165) is 6.42 Å². The zero-order chi connectivity index (χ0) is 15.5. The summed E-state index contributed by atoms with van der Waals surface area (Å²) >= 11 is 0. The van der Waals surface area contributed by atoms with Crippen LogP contribution >= 0.6 is 0 Å². The Morgan fingerprint density at radius 2 is 2.14 bits per heavy atom. The summed E-state index contributed by atoms with van der Waals surface area (Å²) in [6.45, 7) is 5.99. The van der Waals surface area contributed by atoms with Crippen LogP contribution in [0.1, 0.15) is 33.4 Å². The van der Waals surface area contributed by atoms with E-state index in [-0.39, 0.29) is 24.7 Å². The summed E-state index contributed by atoms with van der Waals surface area (Å²) in [5.41, 5.74) is 6.47. The number of fused-ring (bicyclic) bond motifs is 2. The molecule has 2 aromatic heterocycles. The number of hydrogen-bond acceptors (Lipinski definition) is 7. The van der Waals surface area contributed by atoms with Gasteiger partial charge in [0.15, 0.2) is 24.0 Å². The predicted octanol–water partition coefficient (Wildman–Crippen LogP) is 1.24. The number of aromatic nitrogens is 4. The fourth-order valence-corrected chi connectivity index (χ4v) is 3.52. The maximum absolute atomic E-state index is 6.19. The molecule has 5 unspecified atom stereocenters. The molecule has 0 aliphatic carbocycles. The van der Waals surface area contributed by atoms with Crippen LogP contribution in [0.15, 0.2) is 12.7 Å². The van der Waals surface area contributed by atoms with Gasteiger partial charge in [-0.2, -0.15) is 0 Å². The quantitative estimate of drug-likeness (QED) is 0.891. The fourth-order valence-electron chi connectivity index (χ4n) is 3.52. The van der Waals surface area contributed by atoms with Crippen LogP contribution in [0.5, 0.6) is 0 Å². The average Bonchev–Trinajstić information content (AvgIpc) is 3.09. The van der Waals surface area contributed by atoms with E-state index < -0.39 is 5.60 Å². The van der Waals surface area contributed by atoms with Crippen LogP contribution in [-0.2, 0) is 14.2 Å². The Labute approximate surface area is 127 Å². The van der Waals surface area contributed by atoms with E-state index >= 15 is 0 Å². The summed E-state index contributed by atoms with van der Waals surface area (Å²) in [5.74, 6) is 0.354. The van der Waals surface area contributed by atoms with E-state index in [4.69, 9.17) is 19.9 Å². The second-order valence-corrected chi connectivity index (χ2v) is 5.94. The van der Waals surface area contributed by atoms with Crippen LogP contribution in [0.3, 0.4) is 0 Å². The van der Waals surface area contributed by atoms with Crippen molar-refractivity contribution in [3.8, 4) is 0 Å². The Bertz CT molecular complexity index is 720. The molecular formula is C14H19N5O3. The van der Waals surface area contributed by atoms with Crippen molar-refractivity contribution in [2.75, 3.05) is 5.73 Å². The molecule has 2 aliphatic heterocycles. The van der Waals surface area contributed by atoms with Crippen LogP contribution in [0.25, 0.3) is 11.2 Å². The summed E-state index contributed by atoms with van der Waals surface area (Å²) in [6.07, 6.45) is 3.17. The van der Waals surface area contributed by atoms with Gasteiger partial charge in [-0.3, -0.25) is 4.57 Å². The third-order valence-corrected chi connectivity index (χ3v) is 4.50. The Kier molecular flexibility index (Phi) is 2.91. The molecule has 0 spiro atoms. The lowest BCUT2D eigenvalue weighted by Gasteiger charge is -2.28. The van der Waals surface area contributed by atoms with Crippen LogP contribution in [0.4, 0.5) is 5.82 Å². The molecule has 0 saturated carbocycles. The lowest BCUT2D eigenvalue weighted by molar-refractivity contribution is -0.160. The van der Waals surface area contributed by atoms with Crippen molar-refractivity contribution in [1.82, 2.24) is 19.5 Å². The van der Waals surface area contributed by atoms with Crippen LogP contribution in [-0.4, -0.2) is 43.6 Å². The van der Waals surface area contributed by atoms with Crippen molar-refractivity contribution in [2.45, 2.75) is 57.5 Å². The van der Waals surface area contributed by atoms with Gasteiger partial charge in [0.2, 0.25) is 0 Å². The van der Waals surface area contributed by atoms with E-state index in [2.05, 4.69) is 21.9 Å². The SMILES string of the molecule is CCC1OC(n2cnc3c(N)ncnc32)C2(C)OC(C)OC12. The average molecular weight is 305 g/mol. The van der Waals surface area contributed by atoms with E-state index in [1.165, 1.54) is 6.33 Å². The zero-order valence-electron chi connectivity index (χ0n) is 12.8. The molecule has 0 aromatic carbocycles. The first kappa shape index (κ1) is 13.9. The van der Waals surface area contributed by atoms with Gasteiger partial charge in [-0.25, -0.2) is 15.0 Å². The highest BCUT2D eigenvalue weighted by atomic mass is 16.8.